The second-order valence-electron chi connectivity index (χ2n) is 5.83. The molecule has 3 rings (SSSR count). The molecule has 0 bridgehead atoms. The van der Waals surface area contributed by atoms with Crippen molar-refractivity contribution in [3.8, 4) is 5.75 Å². The highest BCUT2D eigenvalue weighted by atomic mass is 16.3. The van der Waals surface area contributed by atoms with E-state index in [2.05, 4.69) is 30.2 Å². The zero-order valence-electron chi connectivity index (χ0n) is 11.0. The smallest absolute Gasteiger partial charge is 0.115 e. The van der Waals surface area contributed by atoms with Gasteiger partial charge in [0.25, 0.3) is 0 Å². The number of rotatable bonds is 1. The molecule has 1 aromatic rings. The van der Waals surface area contributed by atoms with Crippen molar-refractivity contribution in [3.05, 3.63) is 42.0 Å². The SMILES string of the molecule is CN1CCC2(c3cccc(O)c3)CC=CCC2C1. The van der Waals surface area contributed by atoms with Crippen LogP contribution in [0.2, 0.25) is 0 Å². The van der Waals surface area contributed by atoms with Crippen LogP contribution in [0.4, 0.5) is 0 Å². The van der Waals surface area contributed by atoms with Crippen molar-refractivity contribution >= 4 is 0 Å². The number of hydrogen-bond acceptors (Lipinski definition) is 2. The maximum absolute atomic E-state index is 9.75. The standard InChI is InChI=1S/C16H21NO/c1-17-10-9-16(8-3-2-5-14(16)12-17)13-6-4-7-15(18)11-13/h2-4,6-7,11,14,18H,5,8-10,12H2,1H3. The van der Waals surface area contributed by atoms with Gasteiger partial charge in [-0.15, -0.1) is 0 Å². The van der Waals surface area contributed by atoms with Crippen molar-refractivity contribution in [1.82, 2.24) is 4.90 Å². The predicted molar refractivity (Wildman–Crippen MR) is 73.8 cm³/mol. The summed E-state index contributed by atoms with van der Waals surface area (Å²) in [7, 11) is 2.21. The van der Waals surface area contributed by atoms with Gasteiger partial charge in [0.1, 0.15) is 5.75 Å². The fourth-order valence-corrected chi connectivity index (χ4v) is 3.67. The number of fused-ring (bicyclic) bond motifs is 1. The van der Waals surface area contributed by atoms with Gasteiger partial charge in [0.15, 0.2) is 0 Å². The van der Waals surface area contributed by atoms with E-state index < -0.39 is 0 Å². The average molecular weight is 243 g/mol. The van der Waals surface area contributed by atoms with Crippen LogP contribution >= 0.6 is 0 Å². The van der Waals surface area contributed by atoms with E-state index in [0.29, 0.717) is 11.7 Å². The van der Waals surface area contributed by atoms with Crippen LogP contribution in [0.25, 0.3) is 0 Å². The molecule has 2 nitrogen and oxygen atoms in total. The topological polar surface area (TPSA) is 23.5 Å². The summed E-state index contributed by atoms with van der Waals surface area (Å²) in [5.74, 6) is 1.08. The molecular weight excluding hydrogens is 222 g/mol. The van der Waals surface area contributed by atoms with E-state index in [1.165, 1.54) is 24.9 Å². The third-order valence-electron chi connectivity index (χ3n) is 4.74. The highest BCUT2D eigenvalue weighted by Gasteiger charge is 2.43. The van der Waals surface area contributed by atoms with E-state index in [1.807, 2.05) is 12.1 Å². The largest absolute Gasteiger partial charge is 0.508 e. The van der Waals surface area contributed by atoms with Gasteiger partial charge in [0.05, 0.1) is 0 Å². The molecule has 96 valence electrons. The van der Waals surface area contributed by atoms with Gasteiger partial charge in [-0.25, -0.2) is 0 Å². The number of piperidine rings is 1. The molecule has 1 fully saturated rings. The van der Waals surface area contributed by atoms with E-state index in [1.54, 1.807) is 6.07 Å². The molecule has 0 radical (unpaired) electrons. The van der Waals surface area contributed by atoms with Crippen molar-refractivity contribution in [2.45, 2.75) is 24.7 Å². The van der Waals surface area contributed by atoms with E-state index in [-0.39, 0.29) is 5.41 Å². The van der Waals surface area contributed by atoms with Gasteiger partial charge >= 0.3 is 0 Å². The van der Waals surface area contributed by atoms with Gasteiger partial charge in [0.2, 0.25) is 0 Å². The Bertz CT molecular complexity index is 468. The van der Waals surface area contributed by atoms with Gasteiger partial charge in [0, 0.05) is 12.0 Å². The Morgan fingerprint density at radius 3 is 3.06 bits per heavy atom. The fourth-order valence-electron chi connectivity index (χ4n) is 3.67. The molecule has 2 heteroatoms. The van der Waals surface area contributed by atoms with Crippen molar-refractivity contribution in [2.24, 2.45) is 5.92 Å². The normalized spacial score (nSPS) is 32.2. The van der Waals surface area contributed by atoms with Crippen molar-refractivity contribution < 1.29 is 5.11 Å². The lowest BCUT2D eigenvalue weighted by molar-refractivity contribution is 0.106. The molecule has 1 aliphatic heterocycles. The van der Waals surface area contributed by atoms with Crippen LogP contribution in [0.5, 0.6) is 5.75 Å². The average Bonchev–Trinajstić information content (AvgIpc) is 2.38. The first-order chi connectivity index (χ1) is 8.71. The number of likely N-dealkylation sites (tertiary alicyclic amines) is 1. The van der Waals surface area contributed by atoms with E-state index in [4.69, 9.17) is 0 Å². The predicted octanol–water partition coefficient (Wildman–Crippen LogP) is 2.93. The van der Waals surface area contributed by atoms with Crippen LogP contribution in [0, 0.1) is 5.92 Å². The lowest BCUT2D eigenvalue weighted by Gasteiger charge is -2.49. The number of phenolic OH excluding ortho intramolecular Hbond substituents is 1. The zero-order valence-corrected chi connectivity index (χ0v) is 11.0. The van der Waals surface area contributed by atoms with Crippen molar-refractivity contribution in [1.29, 1.82) is 0 Å². The molecule has 0 saturated carbocycles. The van der Waals surface area contributed by atoms with Crippen molar-refractivity contribution in [3.63, 3.8) is 0 Å². The second kappa shape index (κ2) is 4.43. The zero-order chi connectivity index (χ0) is 12.6. The van der Waals surface area contributed by atoms with Crippen LogP contribution < -0.4 is 0 Å². The lowest BCUT2D eigenvalue weighted by Crippen LogP contribution is -2.49. The van der Waals surface area contributed by atoms with Crippen LogP contribution in [0.15, 0.2) is 36.4 Å². The molecule has 0 spiro atoms. The lowest BCUT2D eigenvalue weighted by atomic mass is 9.61. The number of allylic oxidation sites excluding steroid dienone is 2. The van der Waals surface area contributed by atoms with Gasteiger partial charge in [-0.2, -0.15) is 0 Å². The van der Waals surface area contributed by atoms with E-state index in [9.17, 15) is 5.11 Å². The Hall–Kier alpha value is -1.28. The van der Waals surface area contributed by atoms with Crippen LogP contribution in [0.1, 0.15) is 24.8 Å². The Balaban J connectivity index is 2.02. The third-order valence-corrected chi connectivity index (χ3v) is 4.74. The summed E-state index contributed by atoms with van der Waals surface area (Å²) in [6.45, 7) is 2.32. The maximum atomic E-state index is 9.75. The summed E-state index contributed by atoms with van der Waals surface area (Å²) >= 11 is 0. The molecule has 2 unspecified atom stereocenters. The van der Waals surface area contributed by atoms with Crippen LogP contribution in [-0.2, 0) is 5.41 Å². The van der Waals surface area contributed by atoms with Gasteiger partial charge in [-0.3, -0.25) is 0 Å². The molecule has 18 heavy (non-hydrogen) atoms. The number of hydrogen-bond donors (Lipinski definition) is 1. The molecule has 1 saturated heterocycles. The minimum Gasteiger partial charge on any atom is -0.508 e. The van der Waals surface area contributed by atoms with Gasteiger partial charge < -0.3 is 10.0 Å². The van der Waals surface area contributed by atoms with Gasteiger partial charge in [-0.05, 0) is 56.5 Å². The molecule has 1 aliphatic carbocycles. The minimum atomic E-state index is 0.250. The second-order valence-corrected chi connectivity index (χ2v) is 5.83. The summed E-state index contributed by atoms with van der Waals surface area (Å²) in [5, 5.41) is 9.75. The summed E-state index contributed by atoms with van der Waals surface area (Å²) in [5.41, 5.74) is 1.57. The molecule has 2 atom stereocenters. The highest BCUT2D eigenvalue weighted by molar-refractivity contribution is 5.36. The number of benzene rings is 1. The first-order valence-electron chi connectivity index (χ1n) is 6.84. The first-order valence-corrected chi connectivity index (χ1v) is 6.84. The Kier molecular flexibility index (Phi) is 2.90. The monoisotopic (exact) mass is 243 g/mol. The van der Waals surface area contributed by atoms with Crippen molar-refractivity contribution in [2.75, 3.05) is 20.1 Å². The Morgan fingerprint density at radius 2 is 2.22 bits per heavy atom. The molecular formula is C16H21NO. The summed E-state index contributed by atoms with van der Waals surface area (Å²) in [6.07, 6.45) is 8.13. The highest BCUT2D eigenvalue weighted by Crippen LogP contribution is 2.47. The molecule has 1 heterocycles. The first kappa shape index (κ1) is 11.8. The molecule has 2 aliphatic rings. The Morgan fingerprint density at radius 1 is 1.33 bits per heavy atom. The quantitative estimate of drug-likeness (QED) is 0.767. The minimum absolute atomic E-state index is 0.250. The van der Waals surface area contributed by atoms with Crippen LogP contribution in [0.3, 0.4) is 0 Å². The number of phenols is 1. The molecule has 1 aromatic carbocycles. The third kappa shape index (κ3) is 1.85. The van der Waals surface area contributed by atoms with E-state index >= 15 is 0 Å². The summed E-state index contributed by atoms with van der Waals surface area (Å²) in [6, 6.07) is 7.91. The molecule has 0 amide bonds. The van der Waals surface area contributed by atoms with Crippen LogP contribution in [-0.4, -0.2) is 30.1 Å². The van der Waals surface area contributed by atoms with Gasteiger partial charge in [-0.1, -0.05) is 24.3 Å². The molecule has 0 aromatic heterocycles. The maximum Gasteiger partial charge on any atom is 0.115 e. The Labute approximate surface area is 109 Å². The number of aromatic hydroxyl groups is 1. The fraction of sp³-hybridized carbons (Fsp3) is 0.500. The molecule has 1 N–H and O–H groups in total. The summed E-state index contributed by atoms with van der Waals surface area (Å²) in [4.78, 5) is 2.44. The van der Waals surface area contributed by atoms with E-state index in [0.717, 1.165) is 13.0 Å². The summed E-state index contributed by atoms with van der Waals surface area (Å²) < 4.78 is 0. The number of nitrogens with zero attached hydrogens (tertiary/aromatic N) is 1.